The fraction of sp³-hybridized carbons (Fsp3) is 0.350. The van der Waals surface area contributed by atoms with Gasteiger partial charge >= 0.3 is 0 Å². The monoisotopic (exact) mass is 361 g/mol. The lowest BCUT2D eigenvalue weighted by atomic mass is 10.0. The zero-order valence-electron chi connectivity index (χ0n) is 15.1. The number of hydrogen-bond donors (Lipinski definition) is 1. The molecule has 2 aromatic carbocycles. The van der Waals surface area contributed by atoms with Gasteiger partial charge in [-0.05, 0) is 53.8 Å². The Bertz CT molecular complexity index is 726. The van der Waals surface area contributed by atoms with Crippen LogP contribution >= 0.6 is 11.6 Å². The maximum Gasteiger partial charge on any atom is 0.258 e. The molecular weight excluding hydrogens is 338 g/mol. The van der Waals surface area contributed by atoms with Gasteiger partial charge in [-0.3, -0.25) is 4.79 Å². The van der Waals surface area contributed by atoms with Crippen LogP contribution in [-0.2, 0) is 11.3 Å². The first kappa shape index (κ1) is 19.1. The Balaban J connectivity index is 1.92. The van der Waals surface area contributed by atoms with E-state index in [0.717, 1.165) is 22.4 Å². The van der Waals surface area contributed by atoms with Crippen LogP contribution in [0.3, 0.4) is 0 Å². The molecule has 2 aromatic rings. The van der Waals surface area contributed by atoms with Crippen LogP contribution in [0.15, 0.2) is 36.4 Å². The van der Waals surface area contributed by atoms with E-state index in [4.69, 9.17) is 21.1 Å². The minimum Gasteiger partial charge on any atom is -0.497 e. The van der Waals surface area contributed by atoms with E-state index < -0.39 is 0 Å². The van der Waals surface area contributed by atoms with Crippen molar-refractivity contribution in [3.8, 4) is 11.5 Å². The summed E-state index contributed by atoms with van der Waals surface area (Å²) in [6, 6.07) is 11.4. The van der Waals surface area contributed by atoms with E-state index in [1.54, 1.807) is 7.11 Å². The molecule has 0 unspecified atom stereocenters. The maximum absolute atomic E-state index is 12.1. The molecule has 0 aromatic heterocycles. The topological polar surface area (TPSA) is 47.6 Å². The lowest BCUT2D eigenvalue weighted by Gasteiger charge is -2.16. The van der Waals surface area contributed by atoms with Crippen LogP contribution in [0.25, 0.3) is 0 Å². The normalized spacial score (nSPS) is 10.6. The molecule has 0 radical (unpaired) electrons. The number of aryl methyl sites for hydroxylation is 1. The Labute approximate surface area is 154 Å². The zero-order valence-corrected chi connectivity index (χ0v) is 15.8. The number of rotatable bonds is 7. The summed E-state index contributed by atoms with van der Waals surface area (Å²) in [5.41, 5.74) is 2.93. The quantitative estimate of drug-likeness (QED) is 0.791. The largest absolute Gasteiger partial charge is 0.497 e. The van der Waals surface area contributed by atoms with Crippen molar-refractivity contribution >= 4 is 17.5 Å². The molecule has 134 valence electrons. The zero-order chi connectivity index (χ0) is 18.4. The van der Waals surface area contributed by atoms with E-state index in [0.29, 0.717) is 17.3 Å². The van der Waals surface area contributed by atoms with Gasteiger partial charge in [-0.1, -0.05) is 37.6 Å². The molecule has 0 bridgehead atoms. The van der Waals surface area contributed by atoms with Crippen LogP contribution in [0.4, 0.5) is 0 Å². The lowest BCUT2D eigenvalue weighted by molar-refractivity contribution is -0.123. The van der Waals surface area contributed by atoms with E-state index >= 15 is 0 Å². The van der Waals surface area contributed by atoms with Gasteiger partial charge in [-0.15, -0.1) is 0 Å². The molecule has 1 N–H and O–H groups in total. The fourth-order valence-corrected chi connectivity index (χ4v) is 2.56. The number of amides is 1. The van der Waals surface area contributed by atoms with E-state index in [1.165, 1.54) is 0 Å². The van der Waals surface area contributed by atoms with Gasteiger partial charge in [0.1, 0.15) is 11.5 Å². The third-order valence-corrected chi connectivity index (χ3v) is 4.33. The predicted molar refractivity (Wildman–Crippen MR) is 101 cm³/mol. The van der Waals surface area contributed by atoms with Crippen LogP contribution in [0.1, 0.15) is 36.5 Å². The molecule has 4 nitrogen and oxygen atoms in total. The summed E-state index contributed by atoms with van der Waals surface area (Å²) in [5, 5.41) is 3.56. The Hall–Kier alpha value is -2.20. The van der Waals surface area contributed by atoms with Crippen LogP contribution in [0, 0.1) is 6.92 Å². The average molecular weight is 362 g/mol. The molecular formula is C20H24ClNO3. The number of nitrogens with one attached hydrogen (secondary N) is 1. The molecule has 5 heteroatoms. The van der Waals surface area contributed by atoms with Crippen molar-refractivity contribution in [2.45, 2.75) is 33.2 Å². The van der Waals surface area contributed by atoms with Gasteiger partial charge in [0.2, 0.25) is 0 Å². The third kappa shape index (κ3) is 5.40. The van der Waals surface area contributed by atoms with Crippen molar-refractivity contribution in [1.82, 2.24) is 5.32 Å². The van der Waals surface area contributed by atoms with Crippen LogP contribution in [0.2, 0.25) is 5.02 Å². The van der Waals surface area contributed by atoms with E-state index in [2.05, 4.69) is 19.2 Å². The summed E-state index contributed by atoms with van der Waals surface area (Å²) in [6.07, 6.45) is 0. The second-order valence-electron chi connectivity index (χ2n) is 6.21. The summed E-state index contributed by atoms with van der Waals surface area (Å²) in [6.45, 7) is 6.47. The van der Waals surface area contributed by atoms with E-state index in [9.17, 15) is 4.79 Å². The minimum absolute atomic E-state index is 0.0308. The summed E-state index contributed by atoms with van der Waals surface area (Å²) in [5.74, 6) is 1.59. The second-order valence-corrected chi connectivity index (χ2v) is 6.61. The molecule has 0 saturated heterocycles. The van der Waals surface area contributed by atoms with Crippen LogP contribution in [-0.4, -0.2) is 19.6 Å². The number of benzene rings is 2. The maximum atomic E-state index is 12.1. The highest BCUT2D eigenvalue weighted by molar-refractivity contribution is 6.31. The molecule has 2 rings (SSSR count). The molecule has 0 spiro atoms. The molecule has 0 fully saturated rings. The number of carbonyl (C=O) groups excluding carboxylic acids is 1. The summed E-state index contributed by atoms with van der Waals surface area (Å²) in [7, 11) is 1.62. The summed E-state index contributed by atoms with van der Waals surface area (Å²) < 4.78 is 10.8. The smallest absolute Gasteiger partial charge is 0.258 e. The van der Waals surface area contributed by atoms with Crippen molar-refractivity contribution < 1.29 is 14.3 Å². The fourth-order valence-electron chi connectivity index (χ4n) is 2.38. The predicted octanol–water partition coefficient (Wildman–Crippen LogP) is 4.48. The first-order chi connectivity index (χ1) is 11.9. The standard InChI is InChI=1S/C20H24ClNO3/c1-13(2)17-10-18(21)14(3)9-19(17)25-12-20(23)22-11-15-5-7-16(24-4)8-6-15/h5-10,13H,11-12H2,1-4H3,(H,22,23). The Morgan fingerprint density at radius 2 is 1.88 bits per heavy atom. The van der Waals surface area contributed by atoms with Gasteiger partial charge in [0.25, 0.3) is 5.91 Å². The number of halogens is 1. The molecule has 0 aliphatic rings. The van der Waals surface area contributed by atoms with Crippen molar-refractivity contribution in [3.05, 3.63) is 58.1 Å². The van der Waals surface area contributed by atoms with Gasteiger partial charge in [-0.2, -0.15) is 0 Å². The Kier molecular flexibility index (Phi) is 6.71. The molecule has 0 aliphatic heterocycles. The molecule has 0 atom stereocenters. The highest BCUT2D eigenvalue weighted by Crippen LogP contribution is 2.31. The van der Waals surface area contributed by atoms with Gasteiger partial charge in [0.05, 0.1) is 7.11 Å². The first-order valence-electron chi connectivity index (χ1n) is 8.23. The Morgan fingerprint density at radius 1 is 1.20 bits per heavy atom. The van der Waals surface area contributed by atoms with Crippen LogP contribution < -0.4 is 14.8 Å². The molecule has 1 amide bonds. The first-order valence-corrected chi connectivity index (χ1v) is 8.61. The Morgan fingerprint density at radius 3 is 2.48 bits per heavy atom. The minimum atomic E-state index is -0.168. The highest BCUT2D eigenvalue weighted by atomic mass is 35.5. The lowest BCUT2D eigenvalue weighted by Crippen LogP contribution is -2.28. The highest BCUT2D eigenvalue weighted by Gasteiger charge is 2.12. The summed E-state index contributed by atoms with van der Waals surface area (Å²) >= 11 is 6.19. The number of carbonyl (C=O) groups is 1. The van der Waals surface area contributed by atoms with Crippen molar-refractivity contribution in [3.63, 3.8) is 0 Å². The van der Waals surface area contributed by atoms with Crippen molar-refractivity contribution in [2.75, 3.05) is 13.7 Å². The molecule has 0 aliphatic carbocycles. The SMILES string of the molecule is COc1ccc(CNC(=O)COc2cc(C)c(Cl)cc2C(C)C)cc1. The van der Waals surface area contributed by atoms with Gasteiger partial charge in [0, 0.05) is 11.6 Å². The molecule has 25 heavy (non-hydrogen) atoms. The third-order valence-electron chi connectivity index (χ3n) is 3.92. The second kappa shape index (κ2) is 8.77. The molecule has 0 heterocycles. The van der Waals surface area contributed by atoms with Gasteiger partial charge in [-0.25, -0.2) is 0 Å². The van der Waals surface area contributed by atoms with Gasteiger partial charge in [0.15, 0.2) is 6.61 Å². The van der Waals surface area contributed by atoms with Crippen molar-refractivity contribution in [1.29, 1.82) is 0 Å². The van der Waals surface area contributed by atoms with Gasteiger partial charge < -0.3 is 14.8 Å². The average Bonchev–Trinajstić information content (AvgIpc) is 2.60. The van der Waals surface area contributed by atoms with E-state index in [-0.39, 0.29) is 18.4 Å². The van der Waals surface area contributed by atoms with Crippen LogP contribution in [0.5, 0.6) is 11.5 Å². The molecule has 0 saturated carbocycles. The number of hydrogen-bond acceptors (Lipinski definition) is 3. The van der Waals surface area contributed by atoms with Crippen molar-refractivity contribution in [2.24, 2.45) is 0 Å². The number of methoxy groups -OCH3 is 1. The number of ether oxygens (including phenoxy) is 2. The van der Waals surface area contributed by atoms with E-state index in [1.807, 2.05) is 43.3 Å². The summed E-state index contributed by atoms with van der Waals surface area (Å²) in [4.78, 5) is 12.1.